The van der Waals surface area contributed by atoms with Gasteiger partial charge in [-0.15, -0.1) is 21.5 Å². The molecule has 0 aromatic carbocycles. The summed E-state index contributed by atoms with van der Waals surface area (Å²) in [6.45, 7) is 5.92. The molecule has 68 valence electrons. The molecule has 1 heterocycles. The zero-order valence-electron chi connectivity index (χ0n) is 7.61. The number of aliphatic hydroxyl groups excluding tert-OH is 1. The molecule has 0 saturated carbocycles. The molecule has 1 atom stereocenters. The number of aromatic nitrogens is 2. The van der Waals surface area contributed by atoms with Crippen LogP contribution in [0.4, 0.5) is 0 Å². The highest BCUT2D eigenvalue weighted by atomic mass is 32.1. The number of nitrogens with zero attached hydrogens (tertiary/aromatic N) is 2. The Balaban J connectivity index is 2.52. The molecule has 4 heteroatoms. The Labute approximate surface area is 76.5 Å². The Morgan fingerprint density at radius 3 is 2.50 bits per heavy atom. The lowest BCUT2D eigenvalue weighted by atomic mass is 10.1. The lowest BCUT2D eigenvalue weighted by Gasteiger charge is -2.11. The van der Waals surface area contributed by atoms with Crippen LogP contribution in [0.5, 0.6) is 0 Å². The summed E-state index contributed by atoms with van der Waals surface area (Å²) in [5, 5.41) is 19.2. The van der Waals surface area contributed by atoms with Crippen LogP contribution in [0.1, 0.15) is 23.9 Å². The molecule has 3 nitrogen and oxygen atoms in total. The van der Waals surface area contributed by atoms with E-state index in [0.29, 0.717) is 6.42 Å². The highest BCUT2D eigenvalue weighted by molar-refractivity contribution is 7.11. The van der Waals surface area contributed by atoms with Gasteiger partial charge in [-0.05, 0) is 12.8 Å². The fraction of sp³-hybridized carbons (Fsp3) is 0.750. The molecule has 0 radical (unpaired) electrons. The second-order valence-corrected chi connectivity index (χ2v) is 4.50. The van der Waals surface area contributed by atoms with Gasteiger partial charge in [0.15, 0.2) is 0 Å². The zero-order valence-corrected chi connectivity index (χ0v) is 8.43. The van der Waals surface area contributed by atoms with E-state index in [2.05, 4.69) is 10.2 Å². The van der Waals surface area contributed by atoms with Crippen molar-refractivity contribution in [3.05, 3.63) is 10.0 Å². The quantitative estimate of drug-likeness (QED) is 0.776. The topological polar surface area (TPSA) is 46.0 Å². The molecule has 0 aliphatic carbocycles. The third-order valence-corrected chi connectivity index (χ3v) is 2.58. The molecule has 0 spiro atoms. The molecule has 0 saturated heterocycles. The Hall–Kier alpha value is -0.480. The molecule has 0 aliphatic heterocycles. The van der Waals surface area contributed by atoms with Gasteiger partial charge in [0.25, 0.3) is 0 Å². The molecule has 1 aromatic rings. The third-order valence-electron chi connectivity index (χ3n) is 1.72. The van der Waals surface area contributed by atoms with Crippen molar-refractivity contribution in [3.63, 3.8) is 0 Å². The van der Waals surface area contributed by atoms with Crippen LogP contribution in [0.3, 0.4) is 0 Å². The Bertz CT molecular complexity index is 247. The monoisotopic (exact) mass is 186 g/mol. The number of hydrogen-bond donors (Lipinski definition) is 1. The van der Waals surface area contributed by atoms with E-state index in [1.165, 1.54) is 0 Å². The number of rotatable bonds is 3. The molecular formula is C8H14N2OS. The fourth-order valence-electron chi connectivity index (χ4n) is 0.835. The van der Waals surface area contributed by atoms with Gasteiger partial charge in [0.1, 0.15) is 10.0 Å². The lowest BCUT2D eigenvalue weighted by molar-refractivity contribution is 0.125. The molecule has 0 amide bonds. The molecular weight excluding hydrogens is 172 g/mol. The van der Waals surface area contributed by atoms with E-state index < -0.39 is 0 Å². The largest absolute Gasteiger partial charge is 0.392 e. The van der Waals surface area contributed by atoms with Crippen molar-refractivity contribution in [2.45, 2.75) is 33.3 Å². The van der Waals surface area contributed by atoms with E-state index in [4.69, 9.17) is 0 Å². The summed E-state index contributed by atoms with van der Waals surface area (Å²) >= 11 is 1.55. The fourth-order valence-corrected chi connectivity index (χ4v) is 1.59. The maximum Gasteiger partial charge on any atom is 0.120 e. The van der Waals surface area contributed by atoms with Crippen molar-refractivity contribution >= 4 is 11.3 Å². The minimum atomic E-state index is -0.294. The smallest absolute Gasteiger partial charge is 0.120 e. The van der Waals surface area contributed by atoms with Gasteiger partial charge in [0, 0.05) is 6.42 Å². The minimum absolute atomic E-state index is 0.286. The van der Waals surface area contributed by atoms with Crippen LogP contribution in [0.2, 0.25) is 0 Å². The first-order chi connectivity index (χ1) is 5.59. The van der Waals surface area contributed by atoms with Gasteiger partial charge in [0.05, 0.1) is 6.10 Å². The van der Waals surface area contributed by atoms with Gasteiger partial charge in [-0.1, -0.05) is 13.8 Å². The first-order valence-electron chi connectivity index (χ1n) is 4.06. The number of hydrogen-bond acceptors (Lipinski definition) is 4. The lowest BCUT2D eigenvalue weighted by Crippen LogP contribution is -2.17. The SMILES string of the molecule is Cc1nnc(CC(O)C(C)C)s1. The summed E-state index contributed by atoms with van der Waals surface area (Å²) in [6.07, 6.45) is 0.334. The van der Waals surface area contributed by atoms with Crippen LogP contribution in [0.25, 0.3) is 0 Å². The van der Waals surface area contributed by atoms with Gasteiger partial charge >= 0.3 is 0 Å². The summed E-state index contributed by atoms with van der Waals surface area (Å²) in [6, 6.07) is 0. The maximum atomic E-state index is 9.53. The van der Waals surface area contributed by atoms with Gasteiger partial charge in [0.2, 0.25) is 0 Å². The molecule has 1 unspecified atom stereocenters. The van der Waals surface area contributed by atoms with Crippen LogP contribution in [0.15, 0.2) is 0 Å². The van der Waals surface area contributed by atoms with Crippen LogP contribution in [0, 0.1) is 12.8 Å². The molecule has 1 N–H and O–H groups in total. The molecule has 0 aliphatic rings. The third kappa shape index (κ3) is 2.53. The molecule has 0 fully saturated rings. The molecule has 1 rings (SSSR count). The van der Waals surface area contributed by atoms with Crippen molar-refractivity contribution in [3.8, 4) is 0 Å². The van der Waals surface area contributed by atoms with Crippen LogP contribution in [-0.4, -0.2) is 21.4 Å². The van der Waals surface area contributed by atoms with Crippen molar-refractivity contribution in [2.75, 3.05) is 0 Å². The highest BCUT2D eigenvalue weighted by Gasteiger charge is 2.12. The maximum absolute atomic E-state index is 9.53. The number of aryl methyl sites for hydroxylation is 1. The van der Waals surface area contributed by atoms with Gasteiger partial charge in [-0.25, -0.2) is 0 Å². The summed E-state index contributed by atoms with van der Waals surface area (Å²) in [5.74, 6) is 0.286. The van der Waals surface area contributed by atoms with Crippen molar-refractivity contribution in [1.29, 1.82) is 0 Å². The van der Waals surface area contributed by atoms with E-state index in [1.807, 2.05) is 20.8 Å². The van der Waals surface area contributed by atoms with E-state index in [-0.39, 0.29) is 12.0 Å². The highest BCUT2D eigenvalue weighted by Crippen LogP contribution is 2.13. The average molecular weight is 186 g/mol. The summed E-state index contributed by atoms with van der Waals surface area (Å²) in [7, 11) is 0. The first kappa shape index (κ1) is 9.61. The Morgan fingerprint density at radius 2 is 2.08 bits per heavy atom. The first-order valence-corrected chi connectivity index (χ1v) is 4.88. The van der Waals surface area contributed by atoms with Crippen molar-refractivity contribution in [1.82, 2.24) is 10.2 Å². The molecule has 12 heavy (non-hydrogen) atoms. The predicted octanol–water partition coefficient (Wildman–Crippen LogP) is 1.41. The molecule has 1 aromatic heterocycles. The van der Waals surface area contributed by atoms with Gasteiger partial charge in [-0.2, -0.15) is 0 Å². The zero-order chi connectivity index (χ0) is 9.14. The van der Waals surface area contributed by atoms with E-state index >= 15 is 0 Å². The van der Waals surface area contributed by atoms with Crippen LogP contribution >= 0.6 is 11.3 Å². The average Bonchev–Trinajstić information content (AvgIpc) is 2.35. The van der Waals surface area contributed by atoms with Crippen molar-refractivity contribution < 1.29 is 5.11 Å². The normalized spacial score (nSPS) is 13.8. The van der Waals surface area contributed by atoms with Crippen LogP contribution < -0.4 is 0 Å². The van der Waals surface area contributed by atoms with Crippen LogP contribution in [-0.2, 0) is 6.42 Å². The van der Waals surface area contributed by atoms with E-state index in [9.17, 15) is 5.11 Å². The standard InChI is InChI=1S/C8H14N2OS/c1-5(2)7(11)4-8-10-9-6(3)12-8/h5,7,11H,4H2,1-3H3. The summed E-state index contributed by atoms with van der Waals surface area (Å²) in [4.78, 5) is 0. The second-order valence-electron chi connectivity index (χ2n) is 3.23. The minimum Gasteiger partial charge on any atom is -0.392 e. The van der Waals surface area contributed by atoms with E-state index in [1.54, 1.807) is 11.3 Å². The van der Waals surface area contributed by atoms with E-state index in [0.717, 1.165) is 10.0 Å². The number of aliphatic hydroxyl groups is 1. The Morgan fingerprint density at radius 1 is 1.42 bits per heavy atom. The molecule has 0 bridgehead atoms. The van der Waals surface area contributed by atoms with Gasteiger partial charge in [-0.3, -0.25) is 0 Å². The second kappa shape index (κ2) is 3.96. The van der Waals surface area contributed by atoms with Gasteiger partial charge < -0.3 is 5.11 Å². The predicted molar refractivity (Wildman–Crippen MR) is 49.2 cm³/mol. The Kier molecular flexibility index (Phi) is 3.17. The summed E-state index contributed by atoms with van der Waals surface area (Å²) < 4.78 is 0. The van der Waals surface area contributed by atoms with Crippen molar-refractivity contribution in [2.24, 2.45) is 5.92 Å². The summed E-state index contributed by atoms with van der Waals surface area (Å²) in [5.41, 5.74) is 0.